The molecule has 0 fully saturated rings. The summed E-state index contributed by atoms with van der Waals surface area (Å²) in [4.78, 5) is 0. The number of halogens is 1. The van der Waals surface area contributed by atoms with Gasteiger partial charge in [0.1, 0.15) is 0 Å². The van der Waals surface area contributed by atoms with Crippen LogP contribution in [-0.4, -0.2) is 0 Å². The van der Waals surface area contributed by atoms with E-state index in [0.717, 1.165) is 6.42 Å². The molecule has 0 rings (SSSR count). The Morgan fingerprint density at radius 3 is 2.14 bits per heavy atom. The van der Waals surface area contributed by atoms with Crippen molar-refractivity contribution in [2.75, 3.05) is 0 Å². The normalized spacial score (nSPS) is 8.14. The van der Waals surface area contributed by atoms with E-state index in [1.165, 1.54) is 14.8 Å². The molecule has 0 amide bonds. The number of hydrogen-bond acceptors (Lipinski definition) is 0. The van der Waals surface area contributed by atoms with E-state index in [1.54, 1.807) is 0 Å². The molecule has 0 nitrogen and oxygen atoms in total. The second-order valence-electron chi connectivity index (χ2n) is 0.858. The van der Waals surface area contributed by atoms with Crippen molar-refractivity contribution in [2.45, 2.75) is 13.3 Å². The van der Waals surface area contributed by atoms with Crippen molar-refractivity contribution in [1.82, 2.24) is 0 Å². The zero-order valence-corrected chi connectivity index (χ0v) is 9.78. The van der Waals surface area contributed by atoms with Gasteiger partial charge in [-0.15, -0.1) is 6.08 Å². The SMILES string of the molecule is [CH2-]C/C=C/C.[Zn+][I]. The van der Waals surface area contributed by atoms with Gasteiger partial charge < -0.3 is 6.92 Å². The molecule has 7 heavy (non-hydrogen) atoms. The topological polar surface area (TPSA) is 0 Å². The first-order chi connectivity index (χ1) is 3.41. The van der Waals surface area contributed by atoms with Gasteiger partial charge in [-0.2, -0.15) is 6.42 Å². The molecule has 0 unspecified atom stereocenters. The minimum atomic E-state index is 0.913. The average Bonchev–Trinajstić information content (AvgIpc) is 1.75. The molecule has 0 aliphatic carbocycles. The first-order valence-corrected chi connectivity index (χ1v) is 11.1. The van der Waals surface area contributed by atoms with Crippen molar-refractivity contribution in [3.8, 4) is 0 Å². The molecule has 0 bridgehead atoms. The Hall–Kier alpha value is 1.09. The fourth-order valence-corrected chi connectivity index (χ4v) is 0.167. The summed E-state index contributed by atoms with van der Waals surface area (Å²) in [5, 5.41) is 0. The van der Waals surface area contributed by atoms with Crippen LogP contribution in [0.25, 0.3) is 0 Å². The number of hydrogen-bond donors (Lipinski definition) is 0. The Bertz CT molecular complexity index is 35.1. The second kappa shape index (κ2) is 15.7. The van der Waals surface area contributed by atoms with E-state index in [-0.39, 0.29) is 0 Å². The molecule has 0 N–H and O–H groups in total. The van der Waals surface area contributed by atoms with Crippen LogP contribution >= 0.6 is 19.8 Å². The third kappa shape index (κ3) is 19.2. The van der Waals surface area contributed by atoms with Crippen LogP contribution in [0.15, 0.2) is 12.2 Å². The quantitative estimate of drug-likeness (QED) is 0.295. The monoisotopic (exact) mass is 260 g/mol. The molecule has 38 valence electrons. The zero-order chi connectivity index (χ0) is 6.12. The summed E-state index contributed by atoms with van der Waals surface area (Å²) in [5.74, 6) is 0. The van der Waals surface area contributed by atoms with Gasteiger partial charge in [-0.05, 0) is 6.92 Å². The van der Waals surface area contributed by atoms with E-state index in [2.05, 4.69) is 26.7 Å². The Labute approximate surface area is 66.6 Å². The molecule has 0 aromatic rings. The summed E-state index contributed by atoms with van der Waals surface area (Å²) in [6, 6.07) is 0. The molecule has 0 radical (unpaired) electrons. The summed E-state index contributed by atoms with van der Waals surface area (Å²) in [5.41, 5.74) is 0. The molecular formula is C5H9IZn. The van der Waals surface area contributed by atoms with Gasteiger partial charge in [0.25, 0.3) is 0 Å². The minimum absolute atomic E-state index is 0.913. The summed E-state index contributed by atoms with van der Waals surface area (Å²) in [6.45, 7) is 5.58. The summed E-state index contributed by atoms with van der Waals surface area (Å²) in [6.07, 6.45) is 4.92. The van der Waals surface area contributed by atoms with Gasteiger partial charge in [-0.25, -0.2) is 0 Å². The van der Waals surface area contributed by atoms with E-state index in [0.29, 0.717) is 0 Å². The van der Waals surface area contributed by atoms with Gasteiger partial charge in [0.15, 0.2) is 0 Å². The van der Waals surface area contributed by atoms with Crippen LogP contribution in [0.5, 0.6) is 0 Å². The maximum atomic E-state index is 3.59. The molecule has 0 aliphatic heterocycles. The van der Waals surface area contributed by atoms with Crippen LogP contribution in [0.3, 0.4) is 0 Å². The molecule has 2 heteroatoms. The van der Waals surface area contributed by atoms with Crippen LogP contribution in [0.2, 0.25) is 0 Å². The van der Waals surface area contributed by atoms with E-state index in [1.807, 2.05) is 19.1 Å². The van der Waals surface area contributed by atoms with Crippen LogP contribution in [0, 0.1) is 6.92 Å². The van der Waals surface area contributed by atoms with Gasteiger partial charge in [-0.1, -0.05) is 6.08 Å². The molecule has 0 aromatic carbocycles. The van der Waals surface area contributed by atoms with E-state index < -0.39 is 0 Å². The van der Waals surface area contributed by atoms with Crippen molar-refractivity contribution < 1.29 is 14.8 Å². The Balaban J connectivity index is 0. The maximum absolute atomic E-state index is 3.59. The van der Waals surface area contributed by atoms with E-state index in [9.17, 15) is 0 Å². The van der Waals surface area contributed by atoms with Crippen molar-refractivity contribution in [3.05, 3.63) is 19.1 Å². The van der Waals surface area contributed by atoms with Crippen LogP contribution in [0.1, 0.15) is 13.3 Å². The standard InChI is InChI=1S/C5H9.HI.Zn/c1-3-5-4-2;;/h4-5H,1,3H2,2H3;1H;/q-1;;+2/p-1/b5-4+;;. The first-order valence-electron chi connectivity index (χ1n) is 2.09. The predicted molar refractivity (Wildman–Crippen MR) is 38.8 cm³/mol. The van der Waals surface area contributed by atoms with Gasteiger partial charge in [0, 0.05) is 0 Å². The van der Waals surface area contributed by atoms with E-state index in [4.69, 9.17) is 0 Å². The molecule has 0 aromatic heterocycles. The summed E-state index contributed by atoms with van der Waals surface area (Å²) in [7, 11) is 0. The van der Waals surface area contributed by atoms with Crippen LogP contribution in [0.4, 0.5) is 0 Å². The molecule has 0 atom stereocenters. The summed E-state index contributed by atoms with van der Waals surface area (Å²) < 4.78 is 0. The Morgan fingerprint density at radius 2 is 2.14 bits per heavy atom. The van der Waals surface area contributed by atoms with Gasteiger partial charge in [0.2, 0.25) is 0 Å². The first kappa shape index (κ1) is 11.0. The third-order valence-electron chi connectivity index (χ3n) is 0.402. The van der Waals surface area contributed by atoms with Gasteiger partial charge >= 0.3 is 34.5 Å². The van der Waals surface area contributed by atoms with Crippen molar-refractivity contribution in [1.29, 1.82) is 0 Å². The number of allylic oxidation sites excluding steroid dienone is 2. The predicted octanol–water partition coefficient (Wildman–Crippen LogP) is 2.67. The van der Waals surface area contributed by atoms with Crippen LogP contribution < -0.4 is 0 Å². The summed E-state index contributed by atoms with van der Waals surface area (Å²) >= 11 is 3.62. The third-order valence-corrected chi connectivity index (χ3v) is 0.402. The molecule has 0 saturated carbocycles. The van der Waals surface area contributed by atoms with Crippen LogP contribution in [-0.2, 0) is 14.8 Å². The Morgan fingerprint density at radius 1 is 1.71 bits per heavy atom. The number of rotatable bonds is 1. The van der Waals surface area contributed by atoms with Gasteiger partial charge in [-0.3, -0.25) is 0 Å². The van der Waals surface area contributed by atoms with E-state index >= 15 is 0 Å². The molecular weight excluding hydrogens is 252 g/mol. The molecule has 0 aliphatic rings. The molecule has 0 spiro atoms. The van der Waals surface area contributed by atoms with Gasteiger partial charge in [0.05, 0.1) is 0 Å². The fourth-order valence-electron chi connectivity index (χ4n) is 0.167. The zero-order valence-electron chi connectivity index (χ0n) is 4.65. The molecule has 0 saturated heterocycles. The Kier molecular flexibility index (Phi) is 24.6. The molecule has 0 heterocycles. The second-order valence-corrected chi connectivity index (χ2v) is 0.858. The van der Waals surface area contributed by atoms with Crippen molar-refractivity contribution in [3.63, 3.8) is 0 Å². The average molecular weight is 261 g/mol. The van der Waals surface area contributed by atoms with Crippen molar-refractivity contribution >= 4 is 19.8 Å². The fraction of sp³-hybridized carbons (Fsp3) is 0.400. The van der Waals surface area contributed by atoms with Crippen molar-refractivity contribution in [2.24, 2.45) is 0 Å².